The van der Waals surface area contributed by atoms with Gasteiger partial charge in [0.1, 0.15) is 18.1 Å². The summed E-state index contributed by atoms with van der Waals surface area (Å²) < 4.78 is 8.17. The largest absolute Gasteiger partial charge is 0.492 e. The number of nitrogens with one attached hydrogen (secondary N) is 3. The molecule has 0 aliphatic carbocycles. The van der Waals surface area contributed by atoms with E-state index < -0.39 is 6.04 Å². The highest BCUT2D eigenvalue weighted by Gasteiger charge is 2.28. The SMILES string of the molecule is CNC(=O)[C@@H](Cc1ccc(Cl)cc1)NC(=O)c1cccc2c1OCCC2NCc1cncn1Cc1ccc(-c2cncnc2)cc1. The Morgan fingerprint density at radius 1 is 0.957 bits per heavy atom. The molecule has 2 aromatic heterocycles. The second-order valence-corrected chi connectivity index (χ2v) is 11.5. The van der Waals surface area contributed by atoms with Gasteiger partial charge >= 0.3 is 0 Å². The number of hydrogen-bond acceptors (Lipinski definition) is 7. The van der Waals surface area contributed by atoms with Crippen molar-refractivity contribution in [3.63, 3.8) is 0 Å². The predicted octanol–water partition coefficient (Wildman–Crippen LogP) is 4.74. The van der Waals surface area contributed by atoms with Crippen LogP contribution in [0.4, 0.5) is 0 Å². The van der Waals surface area contributed by atoms with Crippen LogP contribution in [-0.2, 0) is 24.3 Å². The molecule has 1 aliphatic heterocycles. The molecule has 11 heteroatoms. The van der Waals surface area contributed by atoms with Crippen molar-refractivity contribution in [2.45, 2.75) is 38.0 Å². The molecule has 0 saturated heterocycles. The van der Waals surface area contributed by atoms with Crippen molar-refractivity contribution >= 4 is 23.4 Å². The van der Waals surface area contributed by atoms with Crippen LogP contribution < -0.4 is 20.7 Å². The molecule has 2 atom stereocenters. The van der Waals surface area contributed by atoms with Crippen molar-refractivity contribution in [3.8, 4) is 16.9 Å². The van der Waals surface area contributed by atoms with Crippen LogP contribution in [0.2, 0.25) is 5.02 Å². The Bertz CT molecular complexity index is 1790. The van der Waals surface area contributed by atoms with E-state index in [-0.39, 0.29) is 17.9 Å². The average molecular weight is 636 g/mol. The Labute approximate surface area is 272 Å². The number of carbonyl (C=O) groups excluding carboxylic acids is 2. The number of rotatable bonds is 11. The fourth-order valence-corrected chi connectivity index (χ4v) is 5.73. The first kappa shape index (κ1) is 30.9. The number of halogens is 1. The first-order valence-electron chi connectivity index (χ1n) is 15.1. The highest BCUT2D eigenvalue weighted by Crippen LogP contribution is 2.35. The van der Waals surface area contributed by atoms with E-state index in [1.54, 1.807) is 37.6 Å². The van der Waals surface area contributed by atoms with Gasteiger partial charge in [0.2, 0.25) is 5.91 Å². The number of nitrogens with zero attached hydrogens (tertiary/aromatic N) is 4. The summed E-state index contributed by atoms with van der Waals surface area (Å²) in [4.78, 5) is 38.8. The quantitative estimate of drug-likeness (QED) is 0.192. The molecule has 1 aliphatic rings. The third-order valence-electron chi connectivity index (χ3n) is 8.07. The summed E-state index contributed by atoms with van der Waals surface area (Å²) in [6.07, 6.45) is 9.90. The van der Waals surface area contributed by atoms with Crippen LogP contribution in [0, 0.1) is 0 Å². The standard InChI is InChI=1S/C35H34ClN7O3/c1-37-35(45)32(15-23-7-11-27(36)12-8-23)42-34(44)30-4-2-3-29-31(13-14-46-33(29)30)41-19-28-18-40-22-43(28)20-24-5-9-25(10-6-24)26-16-38-21-39-17-26/h2-12,16-18,21-22,31-32,41H,13-15,19-20H2,1H3,(H,37,45)(H,42,44)/t31?,32-/m1/s1. The van der Waals surface area contributed by atoms with Gasteiger partial charge in [-0.15, -0.1) is 0 Å². The van der Waals surface area contributed by atoms with Gasteiger partial charge in [0.15, 0.2) is 0 Å². The lowest BCUT2D eigenvalue weighted by Gasteiger charge is -2.28. The van der Waals surface area contributed by atoms with Gasteiger partial charge in [-0.25, -0.2) is 15.0 Å². The van der Waals surface area contributed by atoms with E-state index in [4.69, 9.17) is 16.3 Å². The van der Waals surface area contributed by atoms with Gasteiger partial charge in [-0.2, -0.15) is 0 Å². The van der Waals surface area contributed by atoms with Gasteiger partial charge in [0.25, 0.3) is 5.91 Å². The molecule has 0 bridgehead atoms. The van der Waals surface area contributed by atoms with E-state index in [0.717, 1.165) is 39.9 Å². The van der Waals surface area contributed by atoms with Gasteiger partial charge in [0, 0.05) is 73.8 Å². The molecule has 3 N–H and O–H groups in total. The van der Waals surface area contributed by atoms with E-state index in [1.165, 1.54) is 6.33 Å². The molecule has 234 valence electrons. The smallest absolute Gasteiger partial charge is 0.255 e. The summed E-state index contributed by atoms with van der Waals surface area (Å²) in [6.45, 7) is 1.72. The Kier molecular flexibility index (Phi) is 9.66. The molecule has 3 heterocycles. The highest BCUT2D eigenvalue weighted by atomic mass is 35.5. The third-order valence-corrected chi connectivity index (χ3v) is 8.32. The Hall–Kier alpha value is -5.06. The Balaban J connectivity index is 1.12. The fourth-order valence-electron chi connectivity index (χ4n) is 5.60. The molecule has 0 fully saturated rings. The van der Waals surface area contributed by atoms with E-state index in [2.05, 4.69) is 59.7 Å². The highest BCUT2D eigenvalue weighted by molar-refractivity contribution is 6.30. The fraction of sp³-hybridized carbons (Fsp3) is 0.229. The average Bonchev–Trinajstić information content (AvgIpc) is 3.54. The number of ether oxygens (including phenoxy) is 1. The number of carbonyl (C=O) groups is 2. The summed E-state index contributed by atoms with van der Waals surface area (Å²) in [7, 11) is 1.55. The topological polar surface area (TPSA) is 123 Å². The van der Waals surface area contributed by atoms with Crippen LogP contribution in [0.1, 0.15) is 45.2 Å². The van der Waals surface area contributed by atoms with Crippen LogP contribution in [0.3, 0.4) is 0 Å². The van der Waals surface area contributed by atoms with E-state index in [0.29, 0.717) is 42.5 Å². The molecule has 10 nitrogen and oxygen atoms in total. The number of benzene rings is 3. The van der Waals surface area contributed by atoms with E-state index in [9.17, 15) is 9.59 Å². The summed E-state index contributed by atoms with van der Waals surface area (Å²) in [6, 6.07) is 20.3. The predicted molar refractivity (Wildman–Crippen MR) is 175 cm³/mol. The van der Waals surface area contributed by atoms with Crippen LogP contribution in [0.25, 0.3) is 11.1 Å². The molecule has 5 aromatic rings. The first-order valence-corrected chi connectivity index (χ1v) is 15.5. The molecule has 1 unspecified atom stereocenters. The van der Waals surface area contributed by atoms with Crippen molar-refractivity contribution in [2.24, 2.45) is 0 Å². The number of amides is 2. The number of aromatic nitrogens is 4. The maximum Gasteiger partial charge on any atom is 0.255 e. The van der Waals surface area contributed by atoms with Crippen LogP contribution in [0.5, 0.6) is 5.75 Å². The van der Waals surface area contributed by atoms with Crippen LogP contribution >= 0.6 is 11.6 Å². The van der Waals surface area contributed by atoms with Crippen LogP contribution in [-0.4, -0.2) is 51.0 Å². The summed E-state index contributed by atoms with van der Waals surface area (Å²) in [5.74, 6) is -0.126. The summed E-state index contributed by atoms with van der Waals surface area (Å²) in [5, 5.41) is 9.81. The second kappa shape index (κ2) is 14.4. The Morgan fingerprint density at radius 2 is 1.72 bits per heavy atom. The van der Waals surface area contributed by atoms with Crippen molar-refractivity contribution in [3.05, 3.63) is 131 Å². The lowest BCUT2D eigenvalue weighted by Crippen LogP contribution is -2.47. The zero-order chi connectivity index (χ0) is 31.9. The number of imidazole rings is 1. The molecular formula is C35H34ClN7O3. The number of fused-ring (bicyclic) bond motifs is 1. The van der Waals surface area contributed by atoms with Crippen molar-refractivity contribution < 1.29 is 14.3 Å². The normalized spacial score (nSPS) is 14.5. The van der Waals surface area contributed by atoms with Gasteiger partial charge in [-0.05, 0) is 34.9 Å². The maximum absolute atomic E-state index is 13.5. The van der Waals surface area contributed by atoms with Gasteiger partial charge in [-0.1, -0.05) is 60.1 Å². The number of likely N-dealkylation sites (N-methyl/N-ethyl adjacent to an activating group) is 1. The maximum atomic E-state index is 13.5. The number of hydrogen-bond donors (Lipinski definition) is 3. The molecule has 46 heavy (non-hydrogen) atoms. The molecule has 0 spiro atoms. The monoisotopic (exact) mass is 635 g/mol. The van der Waals surface area contributed by atoms with Gasteiger partial charge < -0.3 is 25.3 Å². The summed E-state index contributed by atoms with van der Waals surface area (Å²) in [5.41, 5.74) is 6.41. The van der Waals surface area contributed by atoms with Crippen molar-refractivity contribution in [1.82, 2.24) is 35.5 Å². The molecular weight excluding hydrogens is 602 g/mol. The third kappa shape index (κ3) is 7.25. The van der Waals surface area contributed by atoms with Gasteiger partial charge in [-0.3, -0.25) is 9.59 Å². The molecule has 0 radical (unpaired) electrons. The van der Waals surface area contributed by atoms with E-state index in [1.807, 2.05) is 36.8 Å². The first-order chi connectivity index (χ1) is 22.5. The van der Waals surface area contributed by atoms with Crippen molar-refractivity contribution in [1.29, 1.82) is 0 Å². The lowest BCUT2D eigenvalue weighted by atomic mass is 9.96. The minimum absolute atomic E-state index is 0.0315. The minimum atomic E-state index is -0.768. The minimum Gasteiger partial charge on any atom is -0.492 e. The molecule has 6 rings (SSSR count). The zero-order valence-corrected chi connectivity index (χ0v) is 26.1. The van der Waals surface area contributed by atoms with E-state index >= 15 is 0 Å². The zero-order valence-electron chi connectivity index (χ0n) is 25.3. The number of para-hydroxylation sites is 1. The molecule has 0 saturated carbocycles. The summed E-state index contributed by atoms with van der Waals surface area (Å²) >= 11 is 6.02. The second-order valence-electron chi connectivity index (χ2n) is 11.1. The van der Waals surface area contributed by atoms with Gasteiger partial charge in [0.05, 0.1) is 24.2 Å². The lowest BCUT2D eigenvalue weighted by molar-refractivity contribution is -0.122. The molecule has 3 aromatic carbocycles. The van der Waals surface area contributed by atoms with Crippen molar-refractivity contribution in [2.75, 3.05) is 13.7 Å². The van der Waals surface area contributed by atoms with Crippen LogP contribution in [0.15, 0.2) is 98.0 Å². The Morgan fingerprint density at radius 3 is 2.48 bits per heavy atom. The molecule has 2 amide bonds.